The summed E-state index contributed by atoms with van der Waals surface area (Å²) < 4.78 is 22.6. The van der Waals surface area contributed by atoms with Crippen LogP contribution < -0.4 is 15.8 Å². The third kappa shape index (κ3) is 7.40. The Morgan fingerprint density at radius 2 is 1.64 bits per heavy atom. The van der Waals surface area contributed by atoms with Crippen LogP contribution in [0, 0.1) is 0 Å². The number of benzene rings is 2. The van der Waals surface area contributed by atoms with Gasteiger partial charge in [0.05, 0.1) is 11.4 Å². The molecule has 4 N–H and O–H groups in total. The van der Waals surface area contributed by atoms with Crippen molar-refractivity contribution in [2.24, 2.45) is 10.1 Å². The fraction of sp³-hybridized carbons (Fsp3) is 0.350. The molecule has 28 heavy (non-hydrogen) atoms. The lowest BCUT2D eigenvalue weighted by atomic mass is 9.85. The van der Waals surface area contributed by atoms with E-state index in [0.29, 0.717) is 6.54 Å². The van der Waals surface area contributed by atoms with E-state index in [2.05, 4.69) is 41.6 Å². The highest BCUT2D eigenvalue weighted by molar-refractivity contribution is 14.0. The molecule has 6 nitrogen and oxygen atoms in total. The van der Waals surface area contributed by atoms with Crippen LogP contribution in [-0.2, 0) is 22.0 Å². The Labute approximate surface area is 185 Å². The molecule has 2 aromatic rings. The minimum atomic E-state index is -3.67. The topological polar surface area (TPSA) is 96.6 Å². The van der Waals surface area contributed by atoms with E-state index >= 15 is 0 Å². The van der Waals surface area contributed by atoms with Crippen molar-refractivity contribution in [2.45, 2.75) is 37.6 Å². The fourth-order valence-corrected chi connectivity index (χ4v) is 3.11. The summed E-state index contributed by atoms with van der Waals surface area (Å²) in [7, 11) is -3.67. The second-order valence-electron chi connectivity index (χ2n) is 6.99. The van der Waals surface area contributed by atoms with Crippen LogP contribution in [0.2, 0.25) is 0 Å². The molecule has 154 valence electrons. The largest absolute Gasteiger partial charge is 0.357 e. The van der Waals surface area contributed by atoms with Crippen LogP contribution in [0.3, 0.4) is 0 Å². The summed E-state index contributed by atoms with van der Waals surface area (Å²) >= 11 is 0. The van der Waals surface area contributed by atoms with Gasteiger partial charge in [-0.1, -0.05) is 56.3 Å². The highest BCUT2D eigenvalue weighted by atomic mass is 127. The zero-order chi connectivity index (χ0) is 19.9. The van der Waals surface area contributed by atoms with Gasteiger partial charge in [0, 0.05) is 18.5 Å². The van der Waals surface area contributed by atoms with Crippen LogP contribution >= 0.6 is 24.0 Å². The SMILES string of the molecule is CCNC(=NCc1ccc(S(N)(=O)=O)cc1)NCC(C)(C)c1ccccc1.I. The number of aliphatic imine (C=N–C) groups is 1. The van der Waals surface area contributed by atoms with Gasteiger partial charge in [-0.05, 0) is 30.2 Å². The Balaban J connectivity index is 0.00000392. The van der Waals surface area contributed by atoms with Gasteiger partial charge < -0.3 is 10.6 Å². The fourth-order valence-electron chi connectivity index (χ4n) is 2.59. The molecular formula is C20H29IN4O2S. The summed E-state index contributed by atoms with van der Waals surface area (Å²) in [6.45, 7) is 8.30. The highest BCUT2D eigenvalue weighted by Gasteiger charge is 2.20. The first kappa shape index (κ1) is 24.4. The number of rotatable bonds is 7. The van der Waals surface area contributed by atoms with Gasteiger partial charge in [-0.2, -0.15) is 0 Å². The van der Waals surface area contributed by atoms with Crippen molar-refractivity contribution in [3.8, 4) is 0 Å². The smallest absolute Gasteiger partial charge is 0.238 e. The molecule has 0 aliphatic carbocycles. The van der Waals surface area contributed by atoms with Crippen molar-refractivity contribution in [3.05, 3.63) is 65.7 Å². The first-order chi connectivity index (χ1) is 12.7. The third-order valence-corrected chi connectivity index (χ3v) is 5.20. The molecule has 0 amide bonds. The van der Waals surface area contributed by atoms with E-state index in [-0.39, 0.29) is 34.3 Å². The van der Waals surface area contributed by atoms with Gasteiger partial charge in [-0.25, -0.2) is 18.5 Å². The Morgan fingerprint density at radius 1 is 1.04 bits per heavy atom. The summed E-state index contributed by atoms with van der Waals surface area (Å²) in [4.78, 5) is 4.69. The van der Waals surface area contributed by atoms with Crippen LogP contribution in [-0.4, -0.2) is 27.5 Å². The van der Waals surface area contributed by atoms with E-state index in [1.165, 1.54) is 17.7 Å². The number of hydrogen-bond acceptors (Lipinski definition) is 3. The third-order valence-electron chi connectivity index (χ3n) is 4.27. The lowest BCUT2D eigenvalue weighted by Crippen LogP contribution is -2.43. The first-order valence-corrected chi connectivity index (χ1v) is 10.5. The molecule has 2 rings (SSSR count). The number of halogens is 1. The molecule has 0 aliphatic heterocycles. The van der Waals surface area contributed by atoms with Crippen molar-refractivity contribution < 1.29 is 8.42 Å². The van der Waals surface area contributed by atoms with Crippen LogP contribution in [0.4, 0.5) is 0 Å². The van der Waals surface area contributed by atoms with Crippen LogP contribution in [0.5, 0.6) is 0 Å². The Kier molecular flexibility index (Phi) is 9.38. The minimum Gasteiger partial charge on any atom is -0.357 e. The molecule has 0 unspecified atom stereocenters. The Morgan fingerprint density at radius 3 is 2.18 bits per heavy atom. The second kappa shape index (κ2) is 10.8. The van der Waals surface area contributed by atoms with E-state index in [9.17, 15) is 8.42 Å². The van der Waals surface area contributed by atoms with Gasteiger partial charge in [-0.3, -0.25) is 0 Å². The van der Waals surface area contributed by atoms with E-state index in [1.54, 1.807) is 12.1 Å². The van der Waals surface area contributed by atoms with Gasteiger partial charge in [0.2, 0.25) is 10.0 Å². The molecular weight excluding hydrogens is 487 g/mol. The maximum atomic E-state index is 11.3. The average Bonchev–Trinajstić information content (AvgIpc) is 2.64. The molecule has 0 heterocycles. The maximum absolute atomic E-state index is 11.3. The second-order valence-corrected chi connectivity index (χ2v) is 8.55. The van der Waals surface area contributed by atoms with Crippen molar-refractivity contribution in [1.82, 2.24) is 10.6 Å². The van der Waals surface area contributed by atoms with Gasteiger partial charge in [0.25, 0.3) is 0 Å². The normalized spacial score (nSPS) is 12.2. The molecule has 0 aromatic heterocycles. The zero-order valence-electron chi connectivity index (χ0n) is 16.5. The summed E-state index contributed by atoms with van der Waals surface area (Å²) in [5, 5.41) is 11.7. The lowest BCUT2D eigenvalue weighted by molar-refractivity contribution is 0.508. The number of hydrogen-bond donors (Lipinski definition) is 3. The van der Waals surface area contributed by atoms with E-state index in [1.807, 2.05) is 25.1 Å². The molecule has 0 radical (unpaired) electrons. The van der Waals surface area contributed by atoms with E-state index in [4.69, 9.17) is 5.14 Å². The van der Waals surface area contributed by atoms with Crippen LogP contribution in [0.15, 0.2) is 64.5 Å². The van der Waals surface area contributed by atoms with E-state index in [0.717, 1.165) is 24.6 Å². The molecule has 0 aliphatic rings. The predicted octanol–water partition coefficient (Wildman–Crippen LogP) is 2.98. The zero-order valence-corrected chi connectivity index (χ0v) is 19.6. The van der Waals surface area contributed by atoms with Crippen LogP contribution in [0.1, 0.15) is 31.9 Å². The minimum absolute atomic E-state index is 0. The summed E-state index contributed by atoms with van der Waals surface area (Å²) in [5.41, 5.74) is 2.11. The number of nitrogens with two attached hydrogens (primary N) is 1. The van der Waals surface area contributed by atoms with Crippen molar-refractivity contribution in [1.29, 1.82) is 0 Å². The molecule has 0 spiro atoms. The molecule has 0 fully saturated rings. The molecule has 2 aromatic carbocycles. The number of sulfonamides is 1. The quantitative estimate of drug-likeness (QED) is 0.300. The Bertz CT molecular complexity index is 867. The van der Waals surface area contributed by atoms with Crippen molar-refractivity contribution in [2.75, 3.05) is 13.1 Å². The number of nitrogens with one attached hydrogen (secondary N) is 2. The summed E-state index contributed by atoms with van der Waals surface area (Å²) in [5.74, 6) is 0.719. The molecule has 8 heteroatoms. The predicted molar refractivity (Wildman–Crippen MR) is 126 cm³/mol. The molecule has 0 atom stereocenters. The monoisotopic (exact) mass is 516 g/mol. The summed E-state index contributed by atoms with van der Waals surface area (Å²) in [6, 6.07) is 16.8. The average molecular weight is 516 g/mol. The molecule has 0 bridgehead atoms. The number of nitrogens with zero attached hydrogens (tertiary/aromatic N) is 1. The molecule has 0 saturated carbocycles. The maximum Gasteiger partial charge on any atom is 0.238 e. The van der Waals surface area contributed by atoms with Gasteiger partial charge in [0.1, 0.15) is 0 Å². The van der Waals surface area contributed by atoms with Crippen molar-refractivity contribution in [3.63, 3.8) is 0 Å². The Hall–Kier alpha value is -1.65. The number of guanidine groups is 1. The van der Waals surface area contributed by atoms with Gasteiger partial charge in [0.15, 0.2) is 5.96 Å². The first-order valence-electron chi connectivity index (χ1n) is 8.92. The van der Waals surface area contributed by atoms with E-state index < -0.39 is 10.0 Å². The molecule has 0 saturated heterocycles. The lowest BCUT2D eigenvalue weighted by Gasteiger charge is -2.26. The van der Waals surface area contributed by atoms with Crippen molar-refractivity contribution >= 4 is 40.0 Å². The summed E-state index contributed by atoms with van der Waals surface area (Å²) in [6.07, 6.45) is 0. The van der Waals surface area contributed by atoms with Gasteiger partial charge in [-0.15, -0.1) is 24.0 Å². The number of primary sulfonamides is 1. The standard InChI is InChI=1S/C20H28N4O2S.HI/c1-4-22-19(24-15-20(2,3)17-8-6-5-7-9-17)23-14-16-10-12-18(13-11-16)27(21,25)26;/h5-13H,4,14-15H2,1-3H3,(H2,21,25,26)(H2,22,23,24);1H. The van der Waals surface area contributed by atoms with Crippen LogP contribution in [0.25, 0.3) is 0 Å². The highest BCUT2D eigenvalue weighted by Crippen LogP contribution is 2.21. The van der Waals surface area contributed by atoms with Gasteiger partial charge >= 0.3 is 0 Å².